The summed E-state index contributed by atoms with van der Waals surface area (Å²) < 4.78 is 31.7. The van der Waals surface area contributed by atoms with Crippen molar-refractivity contribution in [3.63, 3.8) is 0 Å². The summed E-state index contributed by atoms with van der Waals surface area (Å²) in [5.41, 5.74) is 0.415. The summed E-state index contributed by atoms with van der Waals surface area (Å²) in [6.07, 6.45) is 2.22. The summed E-state index contributed by atoms with van der Waals surface area (Å²) in [7, 11) is 1.38. The van der Waals surface area contributed by atoms with Gasteiger partial charge in [-0.15, -0.1) is 0 Å². The van der Waals surface area contributed by atoms with Gasteiger partial charge in [-0.1, -0.05) is 6.92 Å². The van der Waals surface area contributed by atoms with E-state index in [9.17, 15) is 13.6 Å². The van der Waals surface area contributed by atoms with E-state index in [4.69, 9.17) is 4.74 Å². The molecule has 0 spiro atoms. The minimum atomic E-state index is -0.421. The Balaban J connectivity index is 2.05. The van der Waals surface area contributed by atoms with Crippen molar-refractivity contribution in [2.75, 3.05) is 7.11 Å². The van der Waals surface area contributed by atoms with Crippen molar-refractivity contribution >= 4 is 5.97 Å². The molecule has 2 nitrogen and oxygen atoms in total. The summed E-state index contributed by atoms with van der Waals surface area (Å²) in [6, 6.07) is 3.55. The zero-order valence-electron chi connectivity index (χ0n) is 11.2. The quantitative estimate of drug-likeness (QED) is 0.762. The number of ether oxygens (including phenoxy) is 1. The van der Waals surface area contributed by atoms with Crippen LogP contribution in [0, 0.1) is 23.5 Å². The number of hydrogen-bond acceptors (Lipinski definition) is 2. The Morgan fingerprint density at radius 2 is 2.21 bits per heavy atom. The largest absolute Gasteiger partial charge is 0.469 e. The number of carbonyl (C=O) groups excluding carboxylic acids is 1. The molecule has 2 rings (SSSR count). The summed E-state index contributed by atoms with van der Waals surface area (Å²) >= 11 is 0. The van der Waals surface area contributed by atoms with Crippen molar-refractivity contribution in [1.29, 1.82) is 0 Å². The number of esters is 1. The predicted molar refractivity (Wildman–Crippen MR) is 67.6 cm³/mol. The summed E-state index contributed by atoms with van der Waals surface area (Å²) in [5, 5.41) is 0. The molecule has 0 saturated heterocycles. The van der Waals surface area contributed by atoms with E-state index in [0.717, 1.165) is 25.0 Å². The van der Waals surface area contributed by atoms with E-state index in [0.29, 0.717) is 12.0 Å². The van der Waals surface area contributed by atoms with Crippen LogP contribution >= 0.6 is 0 Å². The van der Waals surface area contributed by atoms with Crippen LogP contribution in [0.2, 0.25) is 0 Å². The van der Waals surface area contributed by atoms with E-state index < -0.39 is 5.82 Å². The number of carbonyl (C=O) groups is 1. The molecule has 104 valence electrons. The maximum atomic E-state index is 13.7. The van der Waals surface area contributed by atoms with Gasteiger partial charge in [0.25, 0.3) is 0 Å². The smallest absolute Gasteiger partial charge is 0.308 e. The molecule has 1 aromatic rings. The molecule has 1 aliphatic rings. The van der Waals surface area contributed by atoms with Crippen molar-refractivity contribution in [2.24, 2.45) is 11.8 Å². The molecule has 19 heavy (non-hydrogen) atoms. The molecule has 3 unspecified atom stereocenters. The van der Waals surface area contributed by atoms with Gasteiger partial charge < -0.3 is 4.74 Å². The van der Waals surface area contributed by atoms with Crippen LogP contribution in [0.3, 0.4) is 0 Å². The van der Waals surface area contributed by atoms with Gasteiger partial charge >= 0.3 is 5.97 Å². The molecule has 3 atom stereocenters. The Kier molecular flexibility index (Phi) is 4.17. The van der Waals surface area contributed by atoms with Gasteiger partial charge in [0.15, 0.2) is 0 Å². The van der Waals surface area contributed by atoms with Crippen LogP contribution in [0.1, 0.15) is 37.7 Å². The van der Waals surface area contributed by atoms with E-state index in [1.165, 1.54) is 13.2 Å². The second-order valence-electron chi connectivity index (χ2n) is 5.13. The molecule has 0 amide bonds. The fourth-order valence-electron chi connectivity index (χ4n) is 2.65. The van der Waals surface area contributed by atoms with Crippen LogP contribution in [0.5, 0.6) is 0 Å². The van der Waals surface area contributed by atoms with Crippen LogP contribution in [0.15, 0.2) is 18.2 Å². The van der Waals surface area contributed by atoms with Gasteiger partial charge in [-0.3, -0.25) is 4.79 Å². The normalized spacial score (nSPS) is 22.9. The highest BCUT2D eigenvalue weighted by molar-refractivity contribution is 5.75. The predicted octanol–water partition coefficient (Wildman–Crippen LogP) is 3.66. The zero-order chi connectivity index (χ0) is 14.0. The molecule has 0 N–H and O–H groups in total. The van der Waals surface area contributed by atoms with Crippen LogP contribution < -0.4 is 0 Å². The summed E-state index contributed by atoms with van der Waals surface area (Å²) in [6.45, 7) is 1.95. The molecule has 0 aliphatic heterocycles. The number of halogens is 2. The Labute approximate surface area is 111 Å². The molecule has 1 fully saturated rings. The first-order chi connectivity index (χ1) is 9.06. The van der Waals surface area contributed by atoms with Crippen molar-refractivity contribution in [1.82, 2.24) is 0 Å². The maximum Gasteiger partial charge on any atom is 0.308 e. The van der Waals surface area contributed by atoms with Gasteiger partial charge in [0.2, 0.25) is 0 Å². The molecule has 0 bridgehead atoms. The third-order valence-corrected chi connectivity index (χ3v) is 3.90. The third kappa shape index (κ3) is 3.11. The maximum absolute atomic E-state index is 13.7. The van der Waals surface area contributed by atoms with Crippen molar-refractivity contribution in [3.05, 3.63) is 35.4 Å². The number of hydrogen-bond donors (Lipinski definition) is 0. The molecular formula is C15H18F2O2. The average molecular weight is 268 g/mol. The van der Waals surface area contributed by atoms with E-state index in [2.05, 4.69) is 0 Å². The molecule has 1 aliphatic carbocycles. The lowest BCUT2D eigenvalue weighted by Crippen LogP contribution is -2.07. The Bertz CT molecular complexity index is 473. The molecule has 0 radical (unpaired) electrons. The summed E-state index contributed by atoms with van der Waals surface area (Å²) in [4.78, 5) is 11.4. The third-order valence-electron chi connectivity index (χ3n) is 3.90. The Morgan fingerprint density at radius 3 is 2.84 bits per heavy atom. The topological polar surface area (TPSA) is 26.3 Å². The number of benzene rings is 1. The lowest BCUT2D eigenvalue weighted by atomic mass is 9.90. The first kappa shape index (κ1) is 14.0. The highest BCUT2D eigenvalue weighted by atomic mass is 19.1. The van der Waals surface area contributed by atoms with Crippen molar-refractivity contribution in [2.45, 2.75) is 32.1 Å². The van der Waals surface area contributed by atoms with Crippen molar-refractivity contribution < 1.29 is 18.3 Å². The fourth-order valence-corrected chi connectivity index (χ4v) is 2.65. The first-order valence-corrected chi connectivity index (χ1v) is 6.59. The number of rotatable bonds is 5. The molecule has 0 heterocycles. The van der Waals surface area contributed by atoms with Gasteiger partial charge in [-0.2, -0.15) is 0 Å². The second kappa shape index (κ2) is 5.68. The van der Waals surface area contributed by atoms with Gasteiger partial charge in [0.05, 0.1) is 13.0 Å². The van der Waals surface area contributed by atoms with Gasteiger partial charge in [-0.25, -0.2) is 8.78 Å². The molecule has 1 aromatic carbocycles. The lowest BCUT2D eigenvalue weighted by molar-refractivity contribution is -0.142. The molecular weight excluding hydrogens is 250 g/mol. The van der Waals surface area contributed by atoms with E-state index in [1.807, 2.05) is 6.92 Å². The lowest BCUT2D eigenvalue weighted by Gasteiger charge is -2.16. The minimum Gasteiger partial charge on any atom is -0.469 e. The fraction of sp³-hybridized carbons (Fsp3) is 0.533. The first-order valence-electron chi connectivity index (χ1n) is 6.59. The number of methoxy groups -OCH3 is 1. The molecule has 0 aromatic heterocycles. The van der Waals surface area contributed by atoms with E-state index in [-0.39, 0.29) is 29.5 Å². The molecule has 4 heteroatoms. The average Bonchev–Trinajstić information content (AvgIpc) is 3.17. The van der Waals surface area contributed by atoms with E-state index in [1.54, 1.807) is 0 Å². The SMILES string of the molecule is CCC(CC1CC1C(=O)OC)c1cc(F)ccc1F. The van der Waals surface area contributed by atoms with Crippen LogP contribution in [0.25, 0.3) is 0 Å². The van der Waals surface area contributed by atoms with Crippen molar-refractivity contribution in [3.8, 4) is 0 Å². The Hall–Kier alpha value is -1.45. The van der Waals surface area contributed by atoms with Gasteiger partial charge in [-0.05, 0) is 54.9 Å². The van der Waals surface area contributed by atoms with E-state index >= 15 is 0 Å². The zero-order valence-corrected chi connectivity index (χ0v) is 11.2. The highest BCUT2D eigenvalue weighted by Crippen LogP contribution is 2.46. The highest BCUT2D eigenvalue weighted by Gasteiger charge is 2.44. The standard InChI is InChI=1S/C15H18F2O2/c1-3-9(6-10-7-13(10)15(18)19-2)12-8-11(16)4-5-14(12)17/h4-5,8-10,13H,3,6-7H2,1-2H3. The Morgan fingerprint density at radius 1 is 1.47 bits per heavy atom. The van der Waals surface area contributed by atoms with Crippen LogP contribution in [-0.2, 0) is 9.53 Å². The van der Waals surface area contributed by atoms with Crippen LogP contribution in [-0.4, -0.2) is 13.1 Å². The van der Waals surface area contributed by atoms with Gasteiger partial charge in [0, 0.05) is 0 Å². The second-order valence-corrected chi connectivity index (χ2v) is 5.13. The monoisotopic (exact) mass is 268 g/mol. The van der Waals surface area contributed by atoms with Gasteiger partial charge in [0.1, 0.15) is 11.6 Å². The molecule has 1 saturated carbocycles. The minimum absolute atomic E-state index is 0.0460. The summed E-state index contributed by atoms with van der Waals surface area (Å²) in [5.74, 6) is -0.857. The van der Waals surface area contributed by atoms with Crippen LogP contribution in [0.4, 0.5) is 8.78 Å².